The van der Waals surface area contributed by atoms with Gasteiger partial charge < -0.3 is 4.74 Å². The Morgan fingerprint density at radius 1 is 0.810 bits per heavy atom. The summed E-state index contributed by atoms with van der Waals surface area (Å²) in [4.78, 5) is 0. The molecule has 0 saturated heterocycles. The molecule has 0 aliphatic carbocycles. The van der Waals surface area contributed by atoms with Crippen LogP contribution in [-0.4, -0.2) is 6.61 Å². The molecule has 0 heterocycles. The van der Waals surface area contributed by atoms with Gasteiger partial charge in [0.2, 0.25) is 0 Å². The van der Waals surface area contributed by atoms with Crippen molar-refractivity contribution in [3.05, 3.63) is 65.2 Å². The predicted molar refractivity (Wildman–Crippen MR) is 91.6 cm³/mol. The first-order chi connectivity index (χ1) is 10.3. The zero-order valence-corrected chi connectivity index (χ0v) is 13.0. The van der Waals surface area contributed by atoms with E-state index in [2.05, 4.69) is 55.5 Å². The quantitative estimate of drug-likeness (QED) is 0.600. The first-order valence-corrected chi connectivity index (χ1v) is 7.81. The Morgan fingerprint density at radius 2 is 1.38 bits per heavy atom. The highest BCUT2D eigenvalue weighted by molar-refractivity contribution is 5.69. The lowest BCUT2D eigenvalue weighted by molar-refractivity contribution is 0.340. The Kier molecular flexibility index (Phi) is 6.08. The van der Waals surface area contributed by atoms with Crippen LogP contribution in [0.15, 0.2) is 48.5 Å². The van der Waals surface area contributed by atoms with Gasteiger partial charge in [-0.1, -0.05) is 61.9 Å². The van der Waals surface area contributed by atoms with Crippen molar-refractivity contribution in [3.63, 3.8) is 0 Å². The van der Waals surface area contributed by atoms with Crippen LogP contribution in [0.4, 0.5) is 0 Å². The predicted octanol–water partition coefficient (Wildman–Crippen LogP) is 5.60. The molecule has 0 bridgehead atoms. The first kappa shape index (κ1) is 15.4. The SMILES string of the molecule is CCCCc1ccc(C=Cc2ccc(OCC)cc2)cc1. The minimum Gasteiger partial charge on any atom is -0.494 e. The molecule has 0 fully saturated rings. The molecule has 0 N–H and O–H groups in total. The summed E-state index contributed by atoms with van der Waals surface area (Å²) in [6, 6.07) is 17.0. The van der Waals surface area contributed by atoms with Gasteiger partial charge >= 0.3 is 0 Å². The molecule has 0 aliphatic heterocycles. The fourth-order valence-electron chi connectivity index (χ4n) is 2.21. The van der Waals surface area contributed by atoms with Crippen LogP contribution in [0.25, 0.3) is 12.2 Å². The second kappa shape index (κ2) is 8.31. The zero-order valence-electron chi connectivity index (χ0n) is 13.0. The van der Waals surface area contributed by atoms with E-state index in [-0.39, 0.29) is 0 Å². The molecule has 0 aliphatic rings. The molecule has 21 heavy (non-hydrogen) atoms. The highest BCUT2D eigenvalue weighted by Gasteiger charge is 1.94. The van der Waals surface area contributed by atoms with E-state index in [1.807, 2.05) is 19.1 Å². The molecule has 1 heteroatoms. The average molecular weight is 280 g/mol. The third kappa shape index (κ3) is 5.11. The van der Waals surface area contributed by atoms with E-state index in [4.69, 9.17) is 4.74 Å². The number of aryl methyl sites for hydroxylation is 1. The fourth-order valence-corrected chi connectivity index (χ4v) is 2.21. The van der Waals surface area contributed by atoms with Gasteiger partial charge in [-0.2, -0.15) is 0 Å². The van der Waals surface area contributed by atoms with Gasteiger partial charge in [0.1, 0.15) is 5.75 Å². The zero-order chi connectivity index (χ0) is 14.9. The molecule has 110 valence electrons. The van der Waals surface area contributed by atoms with Crippen LogP contribution in [0.3, 0.4) is 0 Å². The van der Waals surface area contributed by atoms with Gasteiger partial charge in [0.25, 0.3) is 0 Å². The Morgan fingerprint density at radius 3 is 1.90 bits per heavy atom. The summed E-state index contributed by atoms with van der Waals surface area (Å²) >= 11 is 0. The van der Waals surface area contributed by atoms with Crippen molar-refractivity contribution in [3.8, 4) is 5.75 Å². The second-order valence-corrected chi connectivity index (χ2v) is 5.18. The molecular weight excluding hydrogens is 256 g/mol. The highest BCUT2D eigenvalue weighted by atomic mass is 16.5. The Labute approximate surface area is 128 Å². The van der Waals surface area contributed by atoms with E-state index in [1.165, 1.54) is 36.0 Å². The van der Waals surface area contributed by atoms with Crippen molar-refractivity contribution in [1.29, 1.82) is 0 Å². The van der Waals surface area contributed by atoms with Crippen molar-refractivity contribution in [2.45, 2.75) is 33.1 Å². The van der Waals surface area contributed by atoms with Gasteiger partial charge in [-0.05, 0) is 48.6 Å². The van der Waals surface area contributed by atoms with Gasteiger partial charge in [-0.25, -0.2) is 0 Å². The Balaban J connectivity index is 1.96. The van der Waals surface area contributed by atoms with Gasteiger partial charge in [-0.15, -0.1) is 0 Å². The molecule has 2 aromatic carbocycles. The van der Waals surface area contributed by atoms with Crippen LogP contribution in [0, 0.1) is 0 Å². The van der Waals surface area contributed by atoms with E-state index < -0.39 is 0 Å². The smallest absolute Gasteiger partial charge is 0.119 e. The van der Waals surface area contributed by atoms with Crippen molar-refractivity contribution in [2.75, 3.05) is 6.61 Å². The molecule has 0 amide bonds. The molecule has 0 aromatic heterocycles. The third-order valence-electron chi connectivity index (χ3n) is 3.46. The number of unbranched alkanes of at least 4 members (excludes halogenated alkanes) is 1. The summed E-state index contributed by atoms with van der Waals surface area (Å²) in [5.74, 6) is 0.926. The van der Waals surface area contributed by atoms with Gasteiger partial charge in [0.05, 0.1) is 6.61 Å². The van der Waals surface area contributed by atoms with Crippen molar-refractivity contribution >= 4 is 12.2 Å². The minimum absolute atomic E-state index is 0.708. The fraction of sp³-hybridized carbons (Fsp3) is 0.300. The number of hydrogen-bond acceptors (Lipinski definition) is 1. The summed E-state index contributed by atoms with van der Waals surface area (Å²) in [5, 5.41) is 0. The molecule has 0 radical (unpaired) electrons. The molecular formula is C20H24O. The standard InChI is InChI=1S/C20H24O/c1-3-5-6-17-7-9-18(10-8-17)11-12-19-13-15-20(16-14-19)21-4-2/h7-16H,3-6H2,1-2H3. The lowest BCUT2D eigenvalue weighted by Gasteiger charge is -2.02. The maximum atomic E-state index is 5.44. The summed E-state index contributed by atoms with van der Waals surface area (Å²) in [5.41, 5.74) is 3.85. The molecule has 2 aromatic rings. The van der Waals surface area contributed by atoms with Crippen LogP contribution >= 0.6 is 0 Å². The molecule has 2 rings (SSSR count). The number of benzene rings is 2. The molecule has 0 saturated carbocycles. The second-order valence-electron chi connectivity index (χ2n) is 5.18. The van der Waals surface area contributed by atoms with Crippen LogP contribution in [0.2, 0.25) is 0 Å². The van der Waals surface area contributed by atoms with Crippen molar-refractivity contribution in [2.24, 2.45) is 0 Å². The van der Waals surface area contributed by atoms with Crippen LogP contribution in [0.5, 0.6) is 5.75 Å². The lowest BCUT2D eigenvalue weighted by atomic mass is 10.1. The van der Waals surface area contributed by atoms with Crippen molar-refractivity contribution in [1.82, 2.24) is 0 Å². The van der Waals surface area contributed by atoms with Gasteiger partial charge in [0, 0.05) is 0 Å². The summed E-state index contributed by atoms with van der Waals surface area (Å²) < 4.78 is 5.44. The van der Waals surface area contributed by atoms with Crippen molar-refractivity contribution < 1.29 is 4.74 Å². The van der Waals surface area contributed by atoms with Gasteiger partial charge in [-0.3, -0.25) is 0 Å². The lowest BCUT2D eigenvalue weighted by Crippen LogP contribution is -1.90. The van der Waals surface area contributed by atoms with Crippen LogP contribution in [0.1, 0.15) is 43.4 Å². The van der Waals surface area contributed by atoms with E-state index in [0.29, 0.717) is 6.61 Å². The van der Waals surface area contributed by atoms with Crippen LogP contribution < -0.4 is 4.74 Å². The van der Waals surface area contributed by atoms with Crippen LogP contribution in [-0.2, 0) is 6.42 Å². The Bertz CT molecular complexity index is 549. The van der Waals surface area contributed by atoms with E-state index in [0.717, 1.165) is 5.75 Å². The molecule has 0 atom stereocenters. The number of ether oxygens (including phenoxy) is 1. The molecule has 1 nitrogen and oxygen atoms in total. The maximum absolute atomic E-state index is 5.44. The third-order valence-corrected chi connectivity index (χ3v) is 3.46. The molecule has 0 unspecified atom stereocenters. The average Bonchev–Trinajstić information content (AvgIpc) is 2.53. The molecule has 0 spiro atoms. The van der Waals surface area contributed by atoms with E-state index >= 15 is 0 Å². The summed E-state index contributed by atoms with van der Waals surface area (Å²) in [7, 11) is 0. The maximum Gasteiger partial charge on any atom is 0.119 e. The van der Waals surface area contributed by atoms with Gasteiger partial charge in [0.15, 0.2) is 0 Å². The topological polar surface area (TPSA) is 9.23 Å². The monoisotopic (exact) mass is 280 g/mol. The highest BCUT2D eigenvalue weighted by Crippen LogP contribution is 2.15. The summed E-state index contributed by atoms with van der Waals surface area (Å²) in [6.07, 6.45) is 7.98. The van der Waals surface area contributed by atoms with E-state index in [1.54, 1.807) is 0 Å². The number of rotatable bonds is 7. The number of hydrogen-bond donors (Lipinski definition) is 0. The largest absolute Gasteiger partial charge is 0.494 e. The summed E-state index contributed by atoms with van der Waals surface area (Å²) in [6.45, 7) is 4.94. The minimum atomic E-state index is 0.708. The van der Waals surface area contributed by atoms with E-state index in [9.17, 15) is 0 Å². The Hall–Kier alpha value is -2.02. The first-order valence-electron chi connectivity index (χ1n) is 7.81. The normalized spacial score (nSPS) is 11.0.